The molecule has 2 aromatic carbocycles. The van der Waals surface area contributed by atoms with Crippen molar-refractivity contribution in [3.05, 3.63) is 123 Å². The van der Waals surface area contributed by atoms with E-state index >= 15 is 0 Å². The summed E-state index contributed by atoms with van der Waals surface area (Å²) in [5, 5.41) is 27.6. The van der Waals surface area contributed by atoms with Crippen molar-refractivity contribution in [2.45, 2.75) is 61.2 Å². The van der Waals surface area contributed by atoms with Crippen LogP contribution in [0, 0.1) is 39.3 Å². The average molecular weight is 1000 g/mol. The van der Waals surface area contributed by atoms with Gasteiger partial charge in [0.1, 0.15) is 18.0 Å². The largest absolute Gasteiger partial charge is 0.390 e. The van der Waals surface area contributed by atoms with Gasteiger partial charge in [-0.3, -0.25) is 38.3 Å². The maximum atomic E-state index is 13.7. The summed E-state index contributed by atoms with van der Waals surface area (Å²) in [5.74, 6) is -1.59. The number of aliphatic hydroxyl groups excluding tert-OH is 2. The number of anilines is 2. The molecule has 5 aromatic rings. The van der Waals surface area contributed by atoms with Crippen molar-refractivity contribution in [1.82, 2.24) is 34.6 Å². The third-order valence-electron chi connectivity index (χ3n) is 11.9. The number of morpholine rings is 2. The molecule has 9 N–H and O–H groups in total. The fraction of sp³-hybridized carbons (Fsp3) is 0.412. The number of nitrogens with two attached hydrogens (primary N) is 1. The van der Waals surface area contributed by atoms with Gasteiger partial charge < -0.3 is 51.3 Å². The number of aromatic nitrogens is 4. The number of halogens is 2. The number of aliphatic hydroxyl groups is 2. The fourth-order valence-electron chi connectivity index (χ4n) is 8.23. The number of ether oxygens (including phenoxy) is 2. The van der Waals surface area contributed by atoms with E-state index in [9.17, 15) is 43.0 Å². The second kappa shape index (κ2) is 27.2. The first-order valence-corrected chi connectivity index (χ1v) is 22.8. The lowest BCUT2D eigenvalue weighted by Crippen LogP contribution is -2.44. The molecule has 7 heterocycles. The molecule has 0 bridgehead atoms. The Balaban J connectivity index is 0.000000233. The molecule has 0 aliphatic carbocycles. The van der Waals surface area contributed by atoms with Crippen LogP contribution in [0.2, 0.25) is 0 Å². The number of aldehydes is 1. The van der Waals surface area contributed by atoms with E-state index in [4.69, 9.17) is 15.2 Å². The van der Waals surface area contributed by atoms with Crippen LogP contribution in [0.25, 0.3) is 11.6 Å². The number of hydrogen-bond donors (Lipinski definition) is 8. The molecule has 2 fully saturated rings. The number of fused-ring (bicyclic) bond motifs is 2. The quantitative estimate of drug-likeness (QED) is 0.0681. The monoisotopic (exact) mass is 1000 g/mol. The zero-order chi connectivity index (χ0) is 50.5. The topological polar surface area (TPSA) is 262 Å². The highest BCUT2D eigenvalue weighted by Gasteiger charge is 2.27. The fourth-order valence-corrected chi connectivity index (χ4v) is 8.23. The first-order valence-electron chi connectivity index (χ1n) is 22.8. The summed E-state index contributed by atoms with van der Waals surface area (Å²) in [5.41, 5.74) is 12.9. The van der Waals surface area contributed by atoms with Crippen molar-refractivity contribution in [3.63, 3.8) is 0 Å². The van der Waals surface area contributed by atoms with Gasteiger partial charge in [0.25, 0.3) is 17.7 Å². The molecule has 4 aliphatic heterocycles. The van der Waals surface area contributed by atoms with E-state index in [2.05, 4.69) is 40.7 Å². The summed E-state index contributed by atoms with van der Waals surface area (Å²) < 4.78 is 38.1. The Kier molecular flexibility index (Phi) is 21.9. The Morgan fingerprint density at radius 1 is 0.819 bits per heavy atom. The van der Waals surface area contributed by atoms with Crippen LogP contribution in [-0.4, -0.2) is 160 Å². The molecule has 19 nitrogen and oxygen atoms in total. The van der Waals surface area contributed by atoms with Gasteiger partial charge in [0, 0.05) is 98.8 Å². The predicted octanol–water partition coefficient (Wildman–Crippen LogP) is 4.25. The van der Waals surface area contributed by atoms with Crippen LogP contribution in [0.5, 0.6) is 0 Å². The molecule has 9 rings (SSSR count). The van der Waals surface area contributed by atoms with Gasteiger partial charge in [-0.2, -0.15) is 0 Å². The number of nitrogens with one attached hydrogen (secondary N) is 5. The molecule has 3 amide bonds. The van der Waals surface area contributed by atoms with Crippen molar-refractivity contribution < 1.29 is 52.4 Å². The van der Waals surface area contributed by atoms with Gasteiger partial charge in [-0.25, -0.2) is 13.8 Å². The number of benzene rings is 2. The number of H-pyrrole nitrogens is 2. The standard InChI is InChI=1S/C23H27FN4O4.C11H11N3O2.C8H6FNO.C7H16N2O2.2CH4/c1-13-20(10-18-17-9-15(24)3-4-19(17)27-22(18)30)26-14(2)21(13)23(31)25-11-16(29)12-28-5-7-32-8-6-28;1-7-9(5-15)13-8(2)10(7)11(16)14-4-3-12-6-14;9-6-1-2-7-5(3-6)4-8(11)10-7;8-5-7(10)6-9-1-3-11-4-2-9;;/h3-4,9-10,16,26,29H,5-8,11-12H2,1-2H3,(H,25,31)(H,27,30);3-6,13H,1-2H3;1-3H,4H2,(H,10,11);7,10H,1-6,8H2;2*1H4/b18-10-;;;;;/t16-;;;7-;;/m1..1../s1. The number of rotatable bonds is 11. The molecule has 0 radical (unpaired) electrons. The van der Waals surface area contributed by atoms with E-state index in [-0.39, 0.29) is 56.9 Å². The van der Waals surface area contributed by atoms with Crippen molar-refractivity contribution in [3.8, 4) is 0 Å². The summed E-state index contributed by atoms with van der Waals surface area (Å²) in [6.45, 7) is 14.9. The number of aryl methyl sites for hydroxylation is 2. The summed E-state index contributed by atoms with van der Waals surface area (Å²) in [4.78, 5) is 72.9. The minimum atomic E-state index is -0.688. The van der Waals surface area contributed by atoms with Gasteiger partial charge in [0.05, 0.1) is 67.5 Å². The van der Waals surface area contributed by atoms with Crippen LogP contribution in [-0.2, 0) is 25.5 Å². The number of imidazole rings is 1. The van der Waals surface area contributed by atoms with Crippen LogP contribution in [0.4, 0.5) is 20.2 Å². The van der Waals surface area contributed by atoms with E-state index in [1.165, 1.54) is 47.4 Å². The maximum Gasteiger partial charge on any atom is 0.265 e. The number of β-amino-alcohol motifs (C(OH)–C–C–N with tert-alkyl or cyclic N) is 2. The van der Waals surface area contributed by atoms with Gasteiger partial charge in [0.2, 0.25) is 5.91 Å². The SMILES string of the molecule is C.C.Cc1[nH]c(/C=C2\C(=O)Nc3ccc(F)cc32)c(C)c1C(=O)NC[C@@H](O)CN1CCOCC1.Cc1[nH]c(C=O)c(C)c1C(=O)n1ccnc1.NC[C@@H](O)CN1CCOCC1.O=C1Cc2cc(F)ccc2N1. The van der Waals surface area contributed by atoms with Crippen molar-refractivity contribution >= 4 is 52.9 Å². The average Bonchev–Trinajstić information content (AvgIpc) is 4.18. The Labute approximate surface area is 418 Å². The van der Waals surface area contributed by atoms with Crippen molar-refractivity contribution in [2.75, 3.05) is 89.4 Å². The van der Waals surface area contributed by atoms with Gasteiger partial charge in [-0.15, -0.1) is 0 Å². The van der Waals surface area contributed by atoms with Gasteiger partial charge >= 0.3 is 0 Å². The molecule has 0 unspecified atom stereocenters. The second-order valence-corrected chi connectivity index (χ2v) is 17.0. The number of carbonyl (C=O) groups is 5. The number of aromatic amines is 2. The predicted molar refractivity (Wildman–Crippen MR) is 271 cm³/mol. The molecule has 72 heavy (non-hydrogen) atoms. The van der Waals surface area contributed by atoms with E-state index in [0.717, 1.165) is 50.6 Å². The smallest absolute Gasteiger partial charge is 0.265 e. The van der Waals surface area contributed by atoms with Gasteiger partial charge in [0.15, 0.2) is 6.29 Å². The minimum absolute atomic E-state index is 0. The lowest BCUT2D eigenvalue weighted by molar-refractivity contribution is -0.115. The molecule has 3 aromatic heterocycles. The summed E-state index contributed by atoms with van der Waals surface area (Å²) in [6, 6.07) is 8.43. The highest BCUT2D eigenvalue weighted by Crippen LogP contribution is 2.34. The molecule has 21 heteroatoms. The third kappa shape index (κ3) is 15.2. The zero-order valence-corrected chi connectivity index (χ0v) is 39.6. The van der Waals surface area contributed by atoms with Crippen LogP contribution in [0.15, 0.2) is 55.1 Å². The highest BCUT2D eigenvalue weighted by molar-refractivity contribution is 6.35. The summed E-state index contributed by atoms with van der Waals surface area (Å²) >= 11 is 0. The Morgan fingerprint density at radius 3 is 1.97 bits per heavy atom. The van der Waals surface area contributed by atoms with Crippen molar-refractivity contribution in [1.29, 1.82) is 0 Å². The van der Waals surface area contributed by atoms with E-state index in [1.54, 1.807) is 46.0 Å². The minimum Gasteiger partial charge on any atom is -0.390 e. The normalized spacial score (nSPS) is 16.3. The molecule has 0 spiro atoms. The Hall–Kier alpha value is -6.72. The number of amides is 3. The molecular weight excluding hydrogens is 935 g/mol. The molecule has 2 saturated heterocycles. The van der Waals surface area contributed by atoms with E-state index < -0.39 is 11.9 Å². The zero-order valence-electron chi connectivity index (χ0n) is 39.6. The molecular formula is C51H68F2N10O9. The van der Waals surface area contributed by atoms with Crippen molar-refractivity contribution in [2.24, 2.45) is 5.73 Å². The molecule has 2 atom stereocenters. The van der Waals surface area contributed by atoms with Gasteiger partial charge in [-0.1, -0.05) is 14.9 Å². The maximum absolute atomic E-state index is 13.7. The number of nitrogens with zero attached hydrogens (tertiary/aromatic N) is 4. The van der Waals surface area contributed by atoms with E-state index in [0.29, 0.717) is 107 Å². The van der Waals surface area contributed by atoms with Crippen LogP contribution < -0.4 is 21.7 Å². The lowest BCUT2D eigenvalue weighted by atomic mass is 10.0. The molecule has 4 aliphatic rings. The second-order valence-electron chi connectivity index (χ2n) is 17.0. The number of carbonyl (C=O) groups excluding carboxylic acids is 5. The van der Waals surface area contributed by atoms with Crippen LogP contribution in [0.3, 0.4) is 0 Å². The summed E-state index contributed by atoms with van der Waals surface area (Å²) in [7, 11) is 0. The molecule has 390 valence electrons. The van der Waals surface area contributed by atoms with Crippen LogP contribution in [0.1, 0.15) is 85.4 Å². The third-order valence-corrected chi connectivity index (χ3v) is 11.9. The number of hydrogen-bond acceptors (Lipinski definition) is 13. The first-order chi connectivity index (χ1) is 33.6. The van der Waals surface area contributed by atoms with E-state index in [1.807, 2.05) is 0 Å². The summed E-state index contributed by atoms with van der Waals surface area (Å²) in [6.07, 6.45) is 6.13. The van der Waals surface area contributed by atoms with Crippen LogP contribution >= 0.6 is 0 Å². The first kappa shape index (κ1) is 57.9. The lowest BCUT2D eigenvalue weighted by Gasteiger charge is -2.28. The van der Waals surface area contributed by atoms with Gasteiger partial charge in [-0.05, 0) is 86.9 Å². The Morgan fingerprint density at radius 2 is 1.39 bits per heavy atom. The highest BCUT2D eigenvalue weighted by atomic mass is 19.1. The Bertz CT molecular complexity index is 2670. The molecule has 0 saturated carbocycles.